The van der Waals surface area contributed by atoms with Gasteiger partial charge in [-0.2, -0.15) is 0 Å². The second-order valence-corrected chi connectivity index (χ2v) is 4.46. The summed E-state index contributed by atoms with van der Waals surface area (Å²) in [5.41, 5.74) is -0.400. The first kappa shape index (κ1) is 14.7. The van der Waals surface area contributed by atoms with Gasteiger partial charge in [-0.05, 0) is 26.1 Å². The van der Waals surface area contributed by atoms with E-state index in [2.05, 4.69) is 5.32 Å². The molecule has 21 heavy (non-hydrogen) atoms. The van der Waals surface area contributed by atoms with E-state index >= 15 is 0 Å². The lowest BCUT2D eigenvalue weighted by Crippen LogP contribution is -2.11. The zero-order chi connectivity index (χ0) is 15.6. The van der Waals surface area contributed by atoms with Crippen LogP contribution < -0.4 is 5.32 Å². The molecule has 1 heterocycles. The molecule has 1 aromatic carbocycles. The van der Waals surface area contributed by atoms with Crippen molar-refractivity contribution in [2.45, 2.75) is 13.0 Å². The highest BCUT2D eigenvalue weighted by Crippen LogP contribution is 2.31. The molecular formula is C13H13N3O5. The van der Waals surface area contributed by atoms with Gasteiger partial charge in [0.1, 0.15) is 11.5 Å². The summed E-state index contributed by atoms with van der Waals surface area (Å²) >= 11 is 0. The Morgan fingerprint density at radius 1 is 1.10 bits per heavy atom. The van der Waals surface area contributed by atoms with Crippen molar-refractivity contribution in [3.63, 3.8) is 0 Å². The summed E-state index contributed by atoms with van der Waals surface area (Å²) in [4.78, 5) is 20.4. The first-order valence-corrected chi connectivity index (χ1v) is 6.13. The smallest absolute Gasteiger partial charge is 0.277 e. The van der Waals surface area contributed by atoms with Gasteiger partial charge in [0.25, 0.3) is 11.4 Å². The van der Waals surface area contributed by atoms with Crippen LogP contribution in [0.2, 0.25) is 0 Å². The Hall–Kier alpha value is -2.74. The molecule has 0 aliphatic heterocycles. The Kier molecular flexibility index (Phi) is 3.99. The lowest BCUT2D eigenvalue weighted by molar-refractivity contribution is -0.394. The van der Waals surface area contributed by atoms with Gasteiger partial charge in [-0.25, -0.2) is 0 Å². The van der Waals surface area contributed by atoms with Crippen LogP contribution in [0.5, 0.6) is 0 Å². The summed E-state index contributed by atoms with van der Waals surface area (Å²) in [7, 11) is 1.77. The Labute approximate surface area is 119 Å². The highest BCUT2D eigenvalue weighted by atomic mass is 16.6. The highest BCUT2D eigenvalue weighted by molar-refractivity contribution is 5.66. The molecule has 2 rings (SSSR count). The van der Waals surface area contributed by atoms with Crippen LogP contribution in [0.4, 0.5) is 11.4 Å². The van der Waals surface area contributed by atoms with Crippen LogP contribution in [0.3, 0.4) is 0 Å². The third kappa shape index (κ3) is 3.06. The number of non-ortho nitro benzene ring substituents is 2. The van der Waals surface area contributed by atoms with Gasteiger partial charge in [-0.1, -0.05) is 0 Å². The first-order valence-electron chi connectivity index (χ1n) is 6.13. The average molecular weight is 291 g/mol. The van der Waals surface area contributed by atoms with Gasteiger partial charge >= 0.3 is 0 Å². The topological polar surface area (TPSA) is 111 Å². The average Bonchev–Trinajstić information content (AvgIpc) is 2.95. The van der Waals surface area contributed by atoms with Gasteiger partial charge < -0.3 is 9.73 Å². The Morgan fingerprint density at radius 3 is 2.14 bits per heavy atom. The number of hydrogen-bond donors (Lipinski definition) is 1. The van der Waals surface area contributed by atoms with Crippen LogP contribution in [0.15, 0.2) is 34.7 Å². The molecule has 1 atom stereocenters. The summed E-state index contributed by atoms with van der Waals surface area (Å²) in [6, 6.07) is 6.74. The molecule has 2 aromatic rings. The summed E-state index contributed by atoms with van der Waals surface area (Å²) in [5, 5.41) is 24.7. The summed E-state index contributed by atoms with van der Waals surface area (Å²) in [6.45, 7) is 1.89. The minimum atomic E-state index is -0.670. The number of benzene rings is 1. The maximum atomic E-state index is 10.9. The van der Waals surface area contributed by atoms with Crippen molar-refractivity contribution < 1.29 is 14.3 Å². The van der Waals surface area contributed by atoms with Gasteiger partial charge in [0.15, 0.2) is 0 Å². The van der Waals surface area contributed by atoms with Crippen molar-refractivity contribution in [2.75, 3.05) is 7.05 Å². The first-order chi connectivity index (χ1) is 9.92. The molecule has 110 valence electrons. The van der Waals surface area contributed by atoms with Gasteiger partial charge in [0.2, 0.25) is 0 Å². The van der Waals surface area contributed by atoms with E-state index in [-0.39, 0.29) is 17.4 Å². The van der Waals surface area contributed by atoms with Crippen LogP contribution in [0.25, 0.3) is 11.3 Å². The largest absolute Gasteiger partial charge is 0.459 e. The predicted molar refractivity (Wildman–Crippen MR) is 74.9 cm³/mol. The van der Waals surface area contributed by atoms with E-state index in [1.165, 1.54) is 12.1 Å². The third-order valence-corrected chi connectivity index (χ3v) is 3.10. The number of nitrogens with zero attached hydrogens (tertiary/aromatic N) is 2. The lowest BCUT2D eigenvalue weighted by atomic mass is 10.1. The molecule has 0 aliphatic rings. The zero-order valence-electron chi connectivity index (χ0n) is 11.4. The molecule has 8 heteroatoms. The number of hydrogen-bond acceptors (Lipinski definition) is 6. The SMILES string of the molecule is CNC(C)c1ccc(-c2cc([N+](=O)[O-])cc([N+](=O)[O-])c2)o1. The molecule has 1 N–H and O–H groups in total. The van der Waals surface area contributed by atoms with Crippen LogP contribution in [0.1, 0.15) is 18.7 Å². The standard InChI is InChI=1S/C13H13N3O5/c1-8(14-2)12-3-4-13(21-12)9-5-10(15(17)18)7-11(6-9)16(19)20/h3-8,14H,1-2H3. The van der Waals surface area contributed by atoms with Gasteiger partial charge in [0, 0.05) is 17.7 Å². The maximum absolute atomic E-state index is 10.9. The van der Waals surface area contributed by atoms with Gasteiger partial charge in [-0.15, -0.1) is 0 Å². The van der Waals surface area contributed by atoms with Crippen molar-refractivity contribution in [2.24, 2.45) is 0 Å². The molecule has 0 saturated heterocycles. The number of furan rings is 1. The lowest BCUT2D eigenvalue weighted by Gasteiger charge is -2.05. The summed E-state index contributed by atoms with van der Waals surface area (Å²) < 4.78 is 5.58. The predicted octanol–water partition coefficient (Wildman–Crippen LogP) is 3.04. The number of rotatable bonds is 5. The quantitative estimate of drug-likeness (QED) is 0.669. The monoisotopic (exact) mass is 291 g/mol. The molecule has 0 aliphatic carbocycles. The minimum Gasteiger partial charge on any atom is -0.459 e. The van der Waals surface area contributed by atoms with E-state index in [1.807, 2.05) is 6.92 Å². The van der Waals surface area contributed by atoms with Crippen LogP contribution in [-0.4, -0.2) is 16.9 Å². The fraction of sp³-hybridized carbons (Fsp3) is 0.231. The van der Waals surface area contributed by atoms with E-state index in [0.717, 1.165) is 6.07 Å². The van der Waals surface area contributed by atoms with E-state index in [0.29, 0.717) is 17.1 Å². The number of nitrogens with one attached hydrogen (secondary N) is 1. The molecule has 0 fully saturated rings. The normalized spacial score (nSPS) is 12.1. The molecule has 0 bridgehead atoms. The van der Waals surface area contributed by atoms with Crippen molar-refractivity contribution >= 4 is 11.4 Å². The van der Waals surface area contributed by atoms with Crippen LogP contribution >= 0.6 is 0 Å². The fourth-order valence-corrected chi connectivity index (χ4v) is 1.83. The molecular weight excluding hydrogens is 278 g/mol. The Balaban J connectivity index is 2.50. The maximum Gasteiger partial charge on any atom is 0.277 e. The molecule has 1 aromatic heterocycles. The second-order valence-electron chi connectivity index (χ2n) is 4.46. The molecule has 0 spiro atoms. The summed E-state index contributed by atoms with van der Waals surface area (Å²) in [5.74, 6) is 0.987. The van der Waals surface area contributed by atoms with Crippen molar-refractivity contribution in [3.8, 4) is 11.3 Å². The fourth-order valence-electron chi connectivity index (χ4n) is 1.83. The highest BCUT2D eigenvalue weighted by Gasteiger charge is 2.19. The summed E-state index contributed by atoms with van der Waals surface area (Å²) in [6.07, 6.45) is 0. The zero-order valence-corrected chi connectivity index (χ0v) is 11.4. The Morgan fingerprint density at radius 2 is 1.67 bits per heavy atom. The van der Waals surface area contributed by atoms with E-state index in [4.69, 9.17) is 4.42 Å². The number of nitro groups is 2. The van der Waals surface area contributed by atoms with Crippen molar-refractivity contribution in [3.05, 3.63) is 56.3 Å². The van der Waals surface area contributed by atoms with Gasteiger partial charge in [0.05, 0.1) is 22.0 Å². The van der Waals surface area contributed by atoms with Crippen molar-refractivity contribution in [1.82, 2.24) is 5.32 Å². The Bertz CT molecular complexity index is 663. The molecule has 8 nitrogen and oxygen atoms in total. The molecule has 0 amide bonds. The minimum absolute atomic E-state index is 0.0348. The molecule has 1 unspecified atom stereocenters. The van der Waals surface area contributed by atoms with Gasteiger partial charge in [-0.3, -0.25) is 20.2 Å². The van der Waals surface area contributed by atoms with Crippen molar-refractivity contribution in [1.29, 1.82) is 0 Å². The van der Waals surface area contributed by atoms with Crippen LogP contribution in [0, 0.1) is 20.2 Å². The second kappa shape index (κ2) is 5.71. The van der Waals surface area contributed by atoms with Crippen LogP contribution in [-0.2, 0) is 0 Å². The molecule has 0 radical (unpaired) electrons. The van der Waals surface area contributed by atoms with E-state index in [1.54, 1.807) is 19.2 Å². The van der Waals surface area contributed by atoms with E-state index in [9.17, 15) is 20.2 Å². The third-order valence-electron chi connectivity index (χ3n) is 3.10. The molecule has 0 saturated carbocycles. The number of nitro benzene ring substituents is 2. The van der Waals surface area contributed by atoms with E-state index < -0.39 is 9.85 Å².